The van der Waals surface area contributed by atoms with Gasteiger partial charge in [-0.05, 0) is 24.6 Å². The zero-order valence-corrected chi connectivity index (χ0v) is 11.3. The predicted octanol–water partition coefficient (Wildman–Crippen LogP) is 3.04. The monoisotopic (exact) mass is 235 g/mol. The molecule has 3 heteroatoms. The standard InChI is InChI=1S/C14H25N3/c1-4-12(5-2)10-17-13-7-8-16-14(9-13)11-15-6-3/h7-9,12,15H,4-6,10-11H2,1-3H3,(H,16,17). The molecule has 0 amide bonds. The minimum Gasteiger partial charge on any atom is -0.385 e. The SMILES string of the molecule is CCNCc1cc(NCC(CC)CC)ccn1. The van der Waals surface area contributed by atoms with E-state index < -0.39 is 0 Å². The van der Waals surface area contributed by atoms with E-state index in [1.165, 1.54) is 18.5 Å². The van der Waals surface area contributed by atoms with Crippen LogP contribution in [0.5, 0.6) is 0 Å². The van der Waals surface area contributed by atoms with Gasteiger partial charge in [0.05, 0.1) is 5.69 Å². The van der Waals surface area contributed by atoms with Crippen molar-refractivity contribution in [1.29, 1.82) is 0 Å². The molecule has 17 heavy (non-hydrogen) atoms. The van der Waals surface area contributed by atoms with Gasteiger partial charge in [-0.1, -0.05) is 33.6 Å². The van der Waals surface area contributed by atoms with Crippen molar-refractivity contribution in [3.8, 4) is 0 Å². The van der Waals surface area contributed by atoms with Crippen molar-refractivity contribution in [1.82, 2.24) is 10.3 Å². The van der Waals surface area contributed by atoms with Gasteiger partial charge < -0.3 is 10.6 Å². The van der Waals surface area contributed by atoms with Gasteiger partial charge in [0.2, 0.25) is 0 Å². The average molecular weight is 235 g/mol. The molecule has 3 nitrogen and oxygen atoms in total. The van der Waals surface area contributed by atoms with Crippen molar-refractivity contribution in [2.24, 2.45) is 5.92 Å². The Morgan fingerprint density at radius 2 is 2.00 bits per heavy atom. The summed E-state index contributed by atoms with van der Waals surface area (Å²) in [6, 6.07) is 4.17. The molecule has 0 aliphatic carbocycles. The first kappa shape index (κ1) is 14.0. The molecule has 0 saturated carbocycles. The molecule has 0 spiro atoms. The van der Waals surface area contributed by atoms with Crippen molar-refractivity contribution in [3.63, 3.8) is 0 Å². The van der Waals surface area contributed by atoms with E-state index in [-0.39, 0.29) is 0 Å². The summed E-state index contributed by atoms with van der Waals surface area (Å²) < 4.78 is 0. The van der Waals surface area contributed by atoms with E-state index in [0.717, 1.165) is 31.2 Å². The lowest BCUT2D eigenvalue weighted by Gasteiger charge is -2.14. The largest absolute Gasteiger partial charge is 0.385 e. The van der Waals surface area contributed by atoms with Gasteiger partial charge >= 0.3 is 0 Å². The van der Waals surface area contributed by atoms with Crippen molar-refractivity contribution in [3.05, 3.63) is 24.0 Å². The van der Waals surface area contributed by atoms with E-state index >= 15 is 0 Å². The summed E-state index contributed by atoms with van der Waals surface area (Å²) in [7, 11) is 0. The Morgan fingerprint density at radius 3 is 2.65 bits per heavy atom. The molecule has 1 aromatic rings. The summed E-state index contributed by atoms with van der Waals surface area (Å²) in [5.74, 6) is 0.764. The van der Waals surface area contributed by atoms with Crippen LogP contribution in [0.1, 0.15) is 39.3 Å². The molecule has 0 bridgehead atoms. The average Bonchev–Trinajstić information content (AvgIpc) is 2.38. The van der Waals surface area contributed by atoms with Crippen LogP contribution in [0.3, 0.4) is 0 Å². The third-order valence-corrected chi connectivity index (χ3v) is 3.12. The van der Waals surface area contributed by atoms with Gasteiger partial charge in [-0.15, -0.1) is 0 Å². The Morgan fingerprint density at radius 1 is 1.24 bits per heavy atom. The molecule has 0 unspecified atom stereocenters. The predicted molar refractivity (Wildman–Crippen MR) is 74.2 cm³/mol. The van der Waals surface area contributed by atoms with E-state index in [9.17, 15) is 0 Å². The number of aromatic nitrogens is 1. The number of nitrogens with one attached hydrogen (secondary N) is 2. The molecule has 1 heterocycles. The van der Waals surface area contributed by atoms with E-state index in [1.54, 1.807) is 0 Å². The van der Waals surface area contributed by atoms with Crippen molar-refractivity contribution in [2.75, 3.05) is 18.4 Å². The molecule has 0 aromatic carbocycles. The van der Waals surface area contributed by atoms with Gasteiger partial charge in [0.15, 0.2) is 0 Å². The van der Waals surface area contributed by atoms with Crippen LogP contribution in [0.2, 0.25) is 0 Å². The van der Waals surface area contributed by atoms with Gasteiger partial charge in [-0.3, -0.25) is 4.98 Å². The third kappa shape index (κ3) is 5.18. The van der Waals surface area contributed by atoms with Crippen molar-refractivity contribution in [2.45, 2.75) is 40.2 Å². The van der Waals surface area contributed by atoms with Crippen molar-refractivity contribution >= 4 is 5.69 Å². The highest BCUT2D eigenvalue weighted by atomic mass is 14.9. The molecule has 0 saturated heterocycles. The van der Waals surface area contributed by atoms with Crippen LogP contribution in [0.25, 0.3) is 0 Å². The Labute approximate surface area is 105 Å². The second kappa shape index (κ2) is 8.07. The molecular weight excluding hydrogens is 210 g/mol. The normalized spacial score (nSPS) is 10.8. The number of rotatable bonds is 8. The van der Waals surface area contributed by atoms with Crippen LogP contribution in [0, 0.1) is 5.92 Å². The molecule has 2 N–H and O–H groups in total. The number of hydrogen-bond acceptors (Lipinski definition) is 3. The van der Waals surface area contributed by atoms with Crippen LogP contribution in [-0.2, 0) is 6.54 Å². The quantitative estimate of drug-likeness (QED) is 0.727. The first-order valence-electron chi connectivity index (χ1n) is 6.69. The van der Waals surface area contributed by atoms with E-state index in [4.69, 9.17) is 0 Å². The summed E-state index contributed by atoms with van der Waals surface area (Å²) in [5, 5.41) is 6.78. The Bertz CT molecular complexity index is 308. The molecule has 0 radical (unpaired) electrons. The first-order chi connectivity index (χ1) is 8.30. The van der Waals surface area contributed by atoms with E-state index in [1.807, 2.05) is 12.3 Å². The van der Waals surface area contributed by atoms with E-state index in [2.05, 4.69) is 42.5 Å². The highest BCUT2D eigenvalue weighted by Gasteiger charge is 2.03. The van der Waals surface area contributed by atoms with Gasteiger partial charge in [0, 0.05) is 25.0 Å². The molecule has 0 fully saturated rings. The summed E-state index contributed by atoms with van der Waals surface area (Å²) in [4.78, 5) is 4.34. The number of pyridine rings is 1. The maximum atomic E-state index is 4.34. The molecule has 0 aliphatic rings. The van der Waals surface area contributed by atoms with Crippen LogP contribution < -0.4 is 10.6 Å². The summed E-state index contributed by atoms with van der Waals surface area (Å²) in [5.41, 5.74) is 2.28. The molecule has 1 rings (SSSR count). The minimum absolute atomic E-state index is 0.764. The fourth-order valence-electron chi connectivity index (χ4n) is 1.78. The maximum Gasteiger partial charge on any atom is 0.0562 e. The topological polar surface area (TPSA) is 37.0 Å². The zero-order valence-electron chi connectivity index (χ0n) is 11.3. The van der Waals surface area contributed by atoms with Crippen LogP contribution >= 0.6 is 0 Å². The van der Waals surface area contributed by atoms with Crippen LogP contribution in [0.4, 0.5) is 5.69 Å². The number of anilines is 1. The second-order valence-corrected chi connectivity index (χ2v) is 4.38. The number of nitrogens with zero attached hydrogens (tertiary/aromatic N) is 1. The first-order valence-corrected chi connectivity index (χ1v) is 6.69. The maximum absolute atomic E-state index is 4.34. The smallest absolute Gasteiger partial charge is 0.0562 e. The van der Waals surface area contributed by atoms with Gasteiger partial charge in [-0.2, -0.15) is 0 Å². The fourth-order valence-corrected chi connectivity index (χ4v) is 1.78. The lowest BCUT2D eigenvalue weighted by molar-refractivity contribution is 0.519. The van der Waals surface area contributed by atoms with Gasteiger partial charge in [0.25, 0.3) is 0 Å². The van der Waals surface area contributed by atoms with E-state index in [0.29, 0.717) is 0 Å². The molecule has 0 atom stereocenters. The summed E-state index contributed by atoms with van der Waals surface area (Å²) in [6.07, 6.45) is 4.35. The third-order valence-electron chi connectivity index (χ3n) is 3.12. The molecule has 96 valence electrons. The Hall–Kier alpha value is -1.09. The van der Waals surface area contributed by atoms with Gasteiger partial charge in [0.1, 0.15) is 0 Å². The van der Waals surface area contributed by atoms with Crippen LogP contribution in [-0.4, -0.2) is 18.1 Å². The molecular formula is C14H25N3. The Kier molecular flexibility index (Phi) is 6.63. The summed E-state index contributed by atoms with van der Waals surface area (Å²) in [6.45, 7) is 9.48. The van der Waals surface area contributed by atoms with Gasteiger partial charge in [-0.25, -0.2) is 0 Å². The lowest BCUT2D eigenvalue weighted by atomic mass is 10.0. The highest BCUT2D eigenvalue weighted by molar-refractivity contribution is 5.43. The molecule has 1 aromatic heterocycles. The Balaban J connectivity index is 2.47. The lowest BCUT2D eigenvalue weighted by Crippen LogP contribution is -2.15. The number of hydrogen-bond donors (Lipinski definition) is 2. The second-order valence-electron chi connectivity index (χ2n) is 4.38. The van der Waals surface area contributed by atoms with Crippen molar-refractivity contribution < 1.29 is 0 Å². The molecule has 0 aliphatic heterocycles. The van der Waals surface area contributed by atoms with Crippen LogP contribution in [0.15, 0.2) is 18.3 Å². The highest BCUT2D eigenvalue weighted by Crippen LogP contribution is 2.12. The minimum atomic E-state index is 0.764. The summed E-state index contributed by atoms with van der Waals surface area (Å²) >= 11 is 0. The fraction of sp³-hybridized carbons (Fsp3) is 0.643. The zero-order chi connectivity index (χ0) is 12.5.